The molecule has 0 heterocycles. The molecule has 216 valence electrons. The Bertz CT molecular complexity index is 1700. The van der Waals surface area contributed by atoms with E-state index in [0.29, 0.717) is 17.0 Å². The van der Waals surface area contributed by atoms with Gasteiger partial charge in [0.15, 0.2) is 0 Å². The van der Waals surface area contributed by atoms with Crippen LogP contribution in [0.4, 0.5) is 11.4 Å². The lowest BCUT2D eigenvalue weighted by Crippen LogP contribution is -2.40. The van der Waals surface area contributed by atoms with Crippen molar-refractivity contribution in [3.63, 3.8) is 0 Å². The third-order valence-corrected chi connectivity index (χ3v) is 8.35. The van der Waals surface area contributed by atoms with E-state index in [2.05, 4.69) is 10.5 Å². The van der Waals surface area contributed by atoms with Crippen LogP contribution in [0.15, 0.2) is 101 Å². The molecule has 0 aliphatic heterocycles. The van der Waals surface area contributed by atoms with Crippen molar-refractivity contribution in [1.82, 2.24) is 5.43 Å². The number of carbonyl (C=O) groups is 1. The molecule has 1 amide bonds. The summed E-state index contributed by atoms with van der Waals surface area (Å²) in [7, 11) is -4.04. The number of hydrogen-bond acceptors (Lipinski definition) is 7. The Labute approximate surface area is 244 Å². The molecule has 0 saturated heterocycles. The third kappa shape index (κ3) is 7.38. The fraction of sp³-hybridized carbons (Fsp3) is 0.161. The number of ether oxygens (including phenoxy) is 1. The molecule has 0 aliphatic rings. The van der Waals surface area contributed by atoms with Crippen LogP contribution in [0.25, 0.3) is 0 Å². The van der Waals surface area contributed by atoms with Gasteiger partial charge in [-0.2, -0.15) is 5.10 Å². The highest BCUT2D eigenvalue weighted by molar-refractivity contribution is 7.92. The Hall–Kier alpha value is -5.03. The lowest BCUT2D eigenvalue weighted by atomic mass is 10.1. The summed E-state index contributed by atoms with van der Waals surface area (Å²) < 4.78 is 34.1. The van der Waals surface area contributed by atoms with Gasteiger partial charge in [0.25, 0.3) is 21.6 Å². The first kappa shape index (κ1) is 29.9. The number of sulfonamides is 1. The summed E-state index contributed by atoms with van der Waals surface area (Å²) >= 11 is 0. The molecule has 0 spiro atoms. The first-order chi connectivity index (χ1) is 20.0. The van der Waals surface area contributed by atoms with Crippen LogP contribution in [0.2, 0.25) is 0 Å². The van der Waals surface area contributed by atoms with Gasteiger partial charge in [0.1, 0.15) is 18.9 Å². The molecule has 0 fully saturated rings. The van der Waals surface area contributed by atoms with Gasteiger partial charge in [-0.1, -0.05) is 29.8 Å². The molecule has 1 N–H and O–H groups in total. The zero-order chi connectivity index (χ0) is 30.3. The second-order valence-electron chi connectivity index (χ2n) is 9.62. The van der Waals surface area contributed by atoms with Crippen molar-refractivity contribution >= 4 is 33.5 Å². The predicted octanol–water partition coefficient (Wildman–Crippen LogP) is 5.44. The van der Waals surface area contributed by atoms with Gasteiger partial charge in [0.05, 0.1) is 21.7 Å². The number of amides is 1. The zero-order valence-electron chi connectivity index (χ0n) is 23.4. The van der Waals surface area contributed by atoms with E-state index >= 15 is 0 Å². The van der Waals surface area contributed by atoms with Crippen LogP contribution < -0.4 is 14.5 Å². The number of nitro groups is 1. The van der Waals surface area contributed by atoms with Crippen molar-refractivity contribution in [1.29, 1.82) is 0 Å². The summed E-state index contributed by atoms with van der Waals surface area (Å²) in [5.41, 5.74) is 6.88. The molecule has 10 nitrogen and oxygen atoms in total. The molecule has 0 aromatic heterocycles. The van der Waals surface area contributed by atoms with E-state index in [9.17, 15) is 23.3 Å². The molecule has 0 radical (unpaired) electrons. The molecule has 4 aromatic rings. The molecule has 4 rings (SSSR count). The maximum Gasteiger partial charge on any atom is 0.269 e. The van der Waals surface area contributed by atoms with Gasteiger partial charge in [-0.15, -0.1) is 0 Å². The van der Waals surface area contributed by atoms with Crippen LogP contribution in [0.5, 0.6) is 5.75 Å². The molecule has 0 atom stereocenters. The highest BCUT2D eigenvalue weighted by Gasteiger charge is 2.28. The van der Waals surface area contributed by atoms with E-state index in [1.807, 2.05) is 26.8 Å². The second-order valence-corrected chi connectivity index (χ2v) is 11.5. The van der Waals surface area contributed by atoms with Crippen LogP contribution in [-0.4, -0.2) is 32.0 Å². The first-order valence-corrected chi connectivity index (χ1v) is 14.4. The van der Waals surface area contributed by atoms with Gasteiger partial charge in [0.2, 0.25) is 0 Å². The van der Waals surface area contributed by atoms with Crippen LogP contribution in [0.1, 0.15) is 27.8 Å². The van der Waals surface area contributed by atoms with E-state index in [-0.39, 0.29) is 17.2 Å². The average Bonchev–Trinajstić information content (AvgIpc) is 2.97. The second kappa shape index (κ2) is 13.1. The van der Waals surface area contributed by atoms with Crippen LogP contribution >= 0.6 is 0 Å². The third-order valence-electron chi connectivity index (χ3n) is 6.58. The minimum atomic E-state index is -4.04. The van der Waals surface area contributed by atoms with Crippen LogP contribution in [0.3, 0.4) is 0 Å². The van der Waals surface area contributed by atoms with Crippen molar-refractivity contribution in [3.8, 4) is 5.75 Å². The maximum atomic E-state index is 13.6. The minimum Gasteiger partial charge on any atom is -0.489 e. The van der Waals surface area contributed by atoms with Crippen molar-refractivity contribution in [2.45, 2.75) is 32.3 Å². The molecular weight excluding hydrogens is 556 g/mol. The van der Waals surface area contributed by atoms with Gasteiger partial charge >= 0.3 is 0 Å². The zero-order valence-corrected chi connectivity index (χ0v) is 24.2. The number of nitrogens with zero attached hydrogens (tertiary/aromatic N) is 3. The minimum absolute atomic E-state index is 0.0142. The number of rotatable bonds is 11. The molecule has 0 aliphatic carbocycles. The Kier molecular flexibility index (Phi) is 9.33. The van der Waals surface area contributed by atoms with Gasteiger partial charge in [-0.05, 0) is 97.6 Å². The topological polar surface area (TPSA) is 131 Å². The average molecular weight is 587 g/mol. The number of benzene rings is 4. The summed E-state index contributed by atoms with van der Waals surface area (Å²) in [5.74, 6) is -0.0223. The number of nitro benzene ring substituents is 1. The fourth-order valence-electron chi connectivity index (χ4n) is 4.02. The maximum absolute atomic E-state index is 13.6. The van der Waals surface area contributed by atoms with Gasteiger partial charge in [-0.25, -0.2) is 13.8 Å². The summed E-state index contributed by atoms with van der Waals surface area (Å²) in [5, 5.41) is 14.8. The van der Waals surface area contributed by atoms with E-state index in [0.717, 1.165) is 26.6 Å². The van der Waals surface area contributed by atoms with E-state index in [4.69, 9.17) is 4.74 Å². The van der Waals surface area contributed by atoms with Crippen molar-refractivity contribution in [3.05, 3.63) is 129 Å². The Morgan fingerprint density at radius 2 is 1.62 bits per heavy atom. The molecular formula is C31H30N4O6S. The Morgan fingerprint density at radius 3 is 2.26 bits per heavy atom. The number of aryl methyl sites for hydroxylation is 2. The number of anilines is 1. The molecule has 4 aromatic carbocycles. The number of hydrogen-bond donors (Lipinski definition) is 1. The standard InChI is InChI=1S/C31H30N4O6S/c1-22-7-17-29(18-8-22)42(39,40)34(30-6-4-5-23(2)24(30)3)20-31(36)33-32-19-25-11-15-28(16-12-25)41-21-26-9-13-27(14-10-26)35(37)38/h4-19H,20-21H2,1-3H3,(H,33,36)/b32-19-. The molecule has 42 heavy (non-hydrogen) atoms. The lowest BCUT2D eigenvalue weighted by molar-refractivity contribution is -0.384. The fourth-order valence-corrected chi connectivity index (χ4v) is 5.50. The molecule has 11 heteroatoms. The normalized spacial score (nSPS) is 11.3. The smallest absolute Gasteiger partial charge is 0.269 e. The van der Waals surface area contributed by atoms with Crippen LogP contribution in [-0.2, 0) is 21.4 Å². The molecule has 0 unspecified atom stereocenters. The highest BCUT2D eigenvalue weighted by atomic mass is 32.2. The Balaban J connectivity index is 1.41. The lowest BCUT2D eigenvalue weighted by Gasteiger charge is -2.26. The quantitative estimate of drug-likeness (QED) is 0.141. The largest absolute Gasteiger partial charge is 0.489 e. The van der Waals surface area contributed by atoms with Crippen molar-refractivity contribution in [2.75, 3.05) is 10.8 Å². The summed E-state index contributed by atoms with van der Waals surface area (Å²) in [6.45, 7) is 5.34. The summed E-state index contributed by atoms with van der Waals surface area (Å²) in [6.07, 6.45) is 1.44. The Morgan fingerprint density at radius 1 is 0.952 bits per heavy atom. The van der Waals surface area contributed by atoms with E-state index < -0.39 is 27.4 Å². The van der Waals surface area contributed by atoms with Crippen LogP contribution in [0, 0.1) is 30.9 Å². The van der Waals surface area contributed by atoms with Gasteiger partial charge in [-0.3, -0.25) is 19.2 Å². The van der Waals surface area contributed by atoms with Gasteiger partial charge < -0.3 is 4.74 Å². The van der Waals surface area contributed by atoms with Crippen molar-refractivity contribution < 1.29 is 22.9 Å². The SMILES string of the molecule is Cc1ccc(S(=O)(=O)N(CC(=O)N/N=C\c2ccc(OCc3ccc([N+](=O)[O-])cc3)cc2)c2cccc(C)c2C)cc1. The van der Waals surface area contributed by atoms with Gasteiger partial charge in [0, 0.05) is 12.1 Å². The molecule has 0 bridgehead atoms. The predicted molar refractivity (Wildman–Crippen MR) is 161 cm³/mol. The first-order valence-electron chi connectivity index (χ1n) is 13.0. The number of hydrazone groups is 1. The van der Waals surface area contributed by atoms with Crippen molar-refractivity contribution in [2.24, 2.45) is 5.10 Å². The van der Waals surface area contributed by atoms with E-state index in [1.165, 1.54) is 30.5 Å². The monoisotopic (exact) mass is 586 g/mol. The van der Waals surface area contributed by atoms with E-state index in [1.54, 1.807) is 60.7 Å². The summed E-state index contributed by atoms with van der Waals surface area (Å²) in [4.78, 5) is 23.3. The number of carbonyl (C=O) groups excluding carboxylic acids is 1. The summed E-state index contributed by atoms with van der Waals surface area (Å²) in [6, 6.07) is 24.8. The number of non-ortho nitro benzene ring substituents is 1. The number of nitrogens with one attached hydrogen (secondary N) is 1. The molecule has 0 saturated carbocycles. The highest BCUT2D eigenvalue weighted by Crippen LogP contribution is 2.28.